The van der Waals surface area contributed by atoms with Crippen LogP contribution in [-0.2, 0) is 4.79 Å². The van der Waals surface area contributed by atoms with Gasteiger partial charge in [0.2, 0.25) is 17.2 Å². The number of hydrogen-bond acceptors (Lipinski definition) is 10. The van der Waals surface area contributed by atoms with E-state index in [9.17, 15) is 24.3 Å². The first kappa shape index (κ1) is 26.5. The van der Waals surface area contributed by atoms with Gasteiger partial charge in [-0.05, 0) is 24.1 Å². The number of hydrogen-bond donors (Lipinski definition) is 4. The van der Waals surface area contributed by atoms with Gasteiger partial charge in [-0.1, -0.05) is 24.6 Å². The van der Waals surface area contributed by atoms with Crippen molar-refractivity contribution >= 4 is 29.0 Å². The van der Waals surface area contributed by atoms with E-state index in [1.165, 1.54) is 39.5 Å². The Balaban J connectivity index is 1.59. The number of nitrogens with one attached hydrogen (secondary N) is 3. The van der Waals surface area contributed by atoms with Gasteiger partial charge in [0.25, 0.3) is 5.56 Å². The number of aromatic hydroxyl groups is 1. The molecule has 0 bridgehead atoms. The van der Waals surface area contributed by atoms with Crippen LogP contribution in [0.5, 0.6) is 28.7 Å². The van der Waals surface area contributed by atoms with Gasteiger partial charge in [0.05, 0.1) is 26.9 Å². The van der Waals surface area contributed by atoms with Crippen LogP contribution < -0.4 is 35.5 Å². The number of aromatic nitrogens is 2. The molecule has 3 aliphatic rings. The van der Waals surface area contributed by atoms with Crippen LogP contribution in [0.4, 0.5) is 5.82 Å². The van der Waals surface area contributed by atoms with Crippen molar-refractivity contribution in [3.05, 3.63) is 78.1 Å². The third-order valence-corrected chi connectivity index (χ3v) is 8.26. The van der Waals surface area contributed by atoms with E-state index in [1.807, 2.05) is 0 Å². The van der Waals surface area contributed by atoms with Crippen molar-refractivity contribution in [3.63, 3.8) is 0 Å². The molecule has 1 spiro atoms. The van der Waals surface area contributed by atoms with E-state index in [1.54, 1.807) is 13.0 Å². The maximum atomic E-state index is 14.7. The van der Waals surface area contributed by atoms with Crippen LogP contribution >= 0.6 is 11.6 Å². The van der Waals surface area contributed by atoms with Crippen molar-refractivity contribution in [3.8, 4) is 28.7 Å². The number of halogens is 1. The summed E-state index contributed by atoms with van der Waals surface area (Å²) in [6, 6.07) is 5.88. The second-order valence-corrected chi connectivity index (χ2v) is 10.4. The SMILES string of the molecule is COc1ccc(C2C3=C(C[C@@H](C)[C@]4(Oc5c(Cl)c(OC)cc(OC)c5C4=O)C3=O)Nc3[nH]c(=O)[nH]c(=O)c32)cc1O. The smallest absolute Gasteiger partial charge is 0.327 e. The molecule has 2 aliphatic heterocycles. The second kappa shape index (κ2) is 9.16. The Labute approximate surface area is 236 Å². The standard InChI is InChI=1S/C28H24ClN3O9/c1-10-7-12-18(23(34)28(10)24(35)19-15(39-3)9-16(40-4)21(29)22(19)41-28)17(11-5-6-14(38-2)13(33)8-11)20-25(30-12)31-27(37)32-26(20)36/h5-6,8-10,17,33H,7H2,1-4H3,(H3,30,31,32,36,37)/t10-,17?,28+/m1/s1. The zero-order chi connectivity index (χ0) is 29.4. The van der Waals surface area contributed by atoms with Crippen molar-refractivity contribution < 1.29 is 33.6 Å². The highest BCUT2D eigenvalue weighted by Crippen LogP contribution is 2.56. The van der Waals surface area contributed by atoms with Gasteiger partial charge in [-0.25, -0.2) is 4.79 Å². The normalized spacial score (nSPS) is 22.5. The molecule has 4 N–H and O–H groups in total. The van der Waals surface area contributed by atoms with Crippen molar-refractivity contribution in [1.82, 2.24) is 9.97 Å². The van der Waals surface area contributed by atoms with Crippen molar-refractivity contribution in [1.29, 1.82) is 0 Å². The number of ketones is 2. The first-order chi connectivity index (χ1) is 19.6. The molecule has 1 aliphatic carbocycles. The quantitative estimate of drug-likeness (QED) is 0.336. The fourth-order valence-electron chi connectivity index (χ4n) is 6.01. The lowest BCUT2D eigenvalue weighted by Gasteiger charge is -2.42. The first-order valence-corrected chi connectivity index (χ1v) is 12.9. The number of methoxy groups -OCH3 is 3. The maximum Gasteiger partial charge on any atom is 0.327 e. The summed E-state index contributed by atoms with van der Waals surface area (Å²) in [6.45, 7) is 1.69. The van der Waals surface area contributed by atoms with Crippen LogP contribution in [0.25, 0.3) is 0 Å². The highest BCUT2D eigenvalue weighted by molar-refractivity contribution is 6.36. The number of allylic oxidation sites excluding steroid dienone is 1. The van der Waals surface area contributed by atoms with Crippen LogP contribution in [0.15, 0.2) is 45.1 Å². The zero-order valence-corrected chi connectivity index (χ0v) is 23.0. The zero-order valence-electron chi connectivity index (χ0n) is 22.3. The molecule has 3 aromatic rings. The number of Topliss-reactive ketones (excluding diaryl/α,β-unsaturated/α-hetero) is 2. The lowest BCUT2D eigenvalue weighted by atomic mass is 9.66. The number of carbonyl (C=O) groups is 2. The Morgan fingerprint density at radius 2 is 1.68 bits per heavy atom. The summed E-state index contributed by atoms with van der Waals surface area (Å²) in [5.74, 6) is -2.83. The van der Waals surface area contributed by atoms with Gasteiger partial charge >= 0.3 is 5.69 Å². The molecule has 1 unspecified atom stereocenters. The Kier molecular flexibility index (Phi) is 5.93. The number of benzene rings is 2. The van der Waals surface area contributed by atoms with E-state index in [4.69, 9.17) is 30.5 Å². The topological polar surface area (TPSA) is 169 Å². The number of phenolic OH excluding ortho intramolecular Hbond substituents is 1. The summed E-state index contributed by atoms with van der Waals surface area (Å²) in [7, 11) is 4.15. The molecular formula is C28H24ClN3O9. The fraction of sp³-hybridized carbons (Fsp3) is 0.286. The van der Waals surface area contributed by atoms with E-state index in [0.717, 1.165) is 0 Å². The summed E-state index contributed by atoms with van der Waals surface area (Å²) in [6.07, 6.45) is 0.130. The number of fused-ring (bicyclic) bond motifs is 2. The third kappa shape index (κ3) is 3.53. The van der Waals surface area contributed by atoms with E-state index in [0.29, 0.717) is 11.3 Å². The Bertz CT molecular complexity index is 1830. The predicted molar refractivity (Wildman–Crippen MR) is 146 cm³/mol. The van der Waals surface area contributed by atoms with Gasteiger partial charge < -0.3 is 29.4 Å². The number of carbonyl (C=O) groups excluding carboxylic acids is 2. The van der Waals surface area contributed by atoms with E-state index in [-0.39, 0.29) is 62.7 Å². The first-order valence-electron chi connectivity index (χ1n) is 12.5. The van der Waals surface area contributed by atoms with Crippen molar-refractivity contribution in [2.45, 2.75) is 24.9 Å². The van der Waals surface area contributed by atoms with Crippen LogP contribution in [0.2, 0.25) is 5.02 Å². The molecule has 3 atom stereocenters. The average molecular weight is 582 g/mol. The fourth-order valence-corrected chi connectivity index (χ4v) is 6.27. The van der Waals surface area contributed by atoms with Crippen molar-refractivity contribution in [2.24, 2.45) is 5.92 Å². The molecule has 41 heavy (non-hydrogen) atoms. The summed E-state index contributed by atoms with van der Waals surface area (Å²) in [4.78, 5) is 59.0. The van der Waals surface area contributed by atoms with Crippen LogP contribution in [0, 0.1) is 5.92 Å². The van der Waals surface area contributed by atoms with Crippen LogP contribution in [0.3, 0.4) is 0 Å². The number of H-pyrrole nitrogens is 2. The van der Waals surface area contributed by atoms with E-state index < -0.39 is 40.3 Å². The predicted octanol–water partition coefficient (Wildman–Crippen LogP) is 2.88. The lowest BCUT2D eigenvalue weighted by Crippen LogP contribution is -2.58. The molecule has 6 rings (SSSR count). The van der Waals surface area contributed by atoms with Gasteiger partial charge in [0.1, 0.15) is 27.9 Å². The molecular weight excluding hydrogens is 558 g/mol. The summed E-state index contributed by atoms with van der Waals surface area (Å²) in [5.41, 5.74) is -2.70. The van der Waals surface area contributed by atoms with Gasteiger partial charge in [-0.2, -0.15) is 0 Å². The number of aromatic amines is 2. The molecule has 212 valence electrons. The molecule has 13 heteroatoms. The van der Waals surface area contributed by atoms with Gasteiger partial charge in [0, 0.05) is 29.2 Å². The summed E-state index contributed by atoms with van der Waals surface area (Å²) >= 11 is 6.54. The largest absolute Gasteiger partial charge is 0.504 e. The third-order valence-electron chi connectivity index (χ3n) is 7.90. The van der Waals surface area contributed by atoms with E-state index in [2.05, 4.69) is 15.3 Å². The Hall–Kier alpha value is -4.71. The number of ether oxygens (including phenoxy) is 4. The molecule has 0 amide bonds. The average Bonchev–Trinajstić information content (AvgIpc) is 3.25. The minimum atomic E-state index is -2.04. The lowest BCUT2D eigenvalue weighted by molar-refractivity contribution is -0.130. The number of anilines is 1. The molecule has 0 saturated carbocycles. The maximum absolute atomic E-state index is 14.7. The molecule has 12 nitrogen and oxygen atoms in total. The van der Waals surface area contributed by atoms with Gasteiger partial charge in [-0.15, -0.1) is 0 Å². The number of rotatable bonds is 4. The minimum absolute atomic E-state index is 0.00561. The van der Waals surface area contributed by atoms with Gasteiger partial charge in [-0.3, -0.25) is 24.4 Å². The molecule has 0 radical (unpaired) electrons. The summed E-state index contributed by atoms with van der Waals surface area (Å²) < 4.78 is 22.2. The van der Waals surface area contributed by atoms with Crippen molar-refractivity contribution in [2.75, 3.05) is 26.6 Å². The number of phenols is 1. The Morgan fingerprint density at radius 3 is 2.34 bits per heavy atom. The highest BCUT2D eigenvalue weighted by Gasteiger charge is 2.63. The minimum Gasteiger partial charge on any atom is -0.504 e. The van der Waals surface area contributed by atoms with Gasteiger partial charge in [0.15, 0.2) is 17.2 Å². The molecule has 3 heterocycles. The molecule has 0 fully saturated rings. The van der Waals surface area contributed by atoms with Crippen LogP contribution in [-0.4, -0.2) is 53.6 Å². The summed E-state index contributed by atoms with van der Waals surface area (Å²) in [5, 5.41) is 13.6. The monoisotopic (exact) mass is 581 g/mol. The molecule has 1 aromatic heterocycles. The second-order valence-electron chi connectivity index (χ2n) is 9.98. The van der Waals surface area contributed by atoms with E-state index >= 15 is 0 Å². The van der Waals surface area contributed by atoms with Crippen LogP contribution in [0.1, 0.15) is 40.7 Å². The molecule has 0 saturated heterocycles. The Morgan fingerprint density at radius 1 is 0.976 bits per heavy atom. The highest BCUT2D eigenvalue weighted by atomic mass is 35.5. The molecule has 2 aromatic carbocycles.